The molecule has 1 heterocycles. The van der Waals surface area contributed by atoms with E-state index in [0.717, 1.165) is 11.0 Å². The van der Waals surface area contributed by atoms with E-state index in [1.165, 1.54) is 25.2 Å². The minimum Gasteiger partial charge on any atom is -0.619 e. The van der Waals surface area contributed by atoms with Gasteiger partial charge < -0.3 is 5.21 Å². The van der Waals surface area contributed by atoms with Crippen LogP contribution in [-0.4, -0.2) is 45.0 Å². The van der Waals surface area contributed by atoms with E-state index in [-0.39, 0.29) is 12.4 Å². The third-order valence-corrected chi connectivity index (χ3v) is 5.42. The first-order chi connectivity index (χ1) is 11.0. The van der Waals surface area contributed by atoms with E-state index in [0.29, 0.717) is 0 Å². The lowest BCUT2D eigenvalue weighted by Gasteiger charge is -2.36. The van der Waals surface area contributed by atoms with Crippen LogP contribution in [0.25, 0.3) is 0 Å². The van der Waals surface area contributed by atoms with Crippen molar-refractivity contribution >= 4 is 75.4 Å². The molecule has 11 heteroatoms. The number of nitrogens with zero attached hydrogens (tertiary/aromatic N) is 3. The first-order valence-electron chi connectivity index (χ1n) is 6.51. The second-order valence-electron chi connectivity index (χ2n) is 5.10. The molecule has 1 aromatic rings. The van der Waals surface area contributed by atoms with Crippen LogP contribution in [0.1, 0.15) is 0 Å². The van der Waals surface area contributed by atoms with Crippen LogP contribution in [-0.2, 0) is 4.79 Å². The number of halogens is 6. The van der Waals surface area contributed by atoms with Crippen LogP contribution in [0.15, 0.2) is 29.3 Å². The van der Waals surface area contributed by atoms with Crippen LogP contribution in [0.5, 0.6) is 0 Å². The zero-order valence-corrected chi connectivity index (χ0v) is 15.9. The quantitative estimate of drug-likeness (QED) is 0.311. The number of hydroxylamine groups is 2. The van der Waals surface area contributed by atoms with Gasteiger partial charge in [-0.05, 0) is 6.07 Å². The number of amides is 1. The average molecular weight is 438 g/mol. The Balaban J connectivity index is 2.51. The highest BCUT2D eigenvalue weighted by molar-refractivity contribution is 6.70. The second-order valence-corrected chi connectivity index (χ2v) is 8.39. The van der Waals surface area contributed by atoms with Crippen molar-refractivity contribution in [3.8, 4) is 0 Å². The fourth-order valence-electron chi connectivity index (χ4n) is 2.18. The van der Waals surface area contributed by atoms with Crippen molar-refractivity contribution in [1.29, 1.82) is 0 Å². The summed E-state index contributed by atoms with van der Waals surface area (Å²) < 4.78 is 10.7. The monoisotopic (exact) mass is 435 g/mol. The number of hydrogen-bond donors (Lipinski definition) is 0. The molecule has 24 heavy (non-hydrogen) atoms. The highest BCUT2D eigenvalue weighted by Gasteiger charge is 2.47. The Morgan fingerprint density at radius 3 is 2.46 bits per heavy atom. The summed E-state index contributed by atoms with van der Waals surface area (Å²) in [6.45, 7) is -0.372. The molecule has 0 aromatic heterocycles. The minimum absolute atomic E-state index is 0.280. The number of likely N-dealkylation sites (N-methyl/N-ethyl adjacent to an activating group) is 1. The summed E-state index contributed by atoms with van der Waals surface area (Å²) in [5.41, 5.74) is -1.67. The van der Waals surface area contributed by atoms with Gasteiger partial charge in [0.25, 0.3) is 5.84 Å². The van der Waals surface area contributed by atoms with Crippen molar-refractivity contribution in [2.24, 2.45) is 4.99 Å². The second kappa shape index (κ2) is 7.11. The van der Waals surface area contributed by atoms with Gasteiger partial charge in [0, 0.05) is 13.1 Å². The summed E-state index contributed by atoms with van der Waals surface area (Å²) in [6.07, 6.45) is 0. The Kier molecular flexibility index (Phi) is 5.92. The van der Waals surface area contributed by atoms with Gasteiger partial charge in [-0.15, -0.1) is 11.6 Å². The molecule has 1 fully saturated rings. The van der Waals surface area contributed by atoms with Gasteiger partial charge in [-0.2, -0.15) is 0 Å². The molecule has 0 aliphatic carbocycles. The highest BCUT2D eigenvalue weighted by Crippen LogP contribution is 2.38. The maximum atomic E-state index is 14.1. The summed E-state index contributed by atoms with van der Waals surface area (Å²) in [5.74, 6) is -2.03. The molecule has 0 bridgehead atoms. The molecule has 2 rings (SSSR count). The first kappa shape index (κ1) is 20.0. The topological polar surface area (TPSA) is 55.7 Å². The number of hydrogen-bond acceptors (Lipinski definition) is 3. The van der Waals surface area contributed by atoms with Crippen LogP contribution in [0.3, 0.4) is 0 Å². The summed E-state index contributed by atoms with van der Waals surface area (Å²) >= 11 is 28.8. The summed E-state index contributed by atoms with van der Waals surface area (Å²) in [4.78, 5) is 17.2. The van der Waals surface area contributed by atoms with Gasteiger partial charge in [-0.25, -0.2) is 9.38 Å². The number of aliphatic imine (C=N–C) groups is 1. The van der Waals surface area contributed by atoms with Gasteiger partial charge in [0.2, 0.25) is 3.79 Å². The number of rotatable bonds is 3. The van der Waals surface area contributed by atoms with Gasteiger partial charge in [-0.1, -0.05) is 58.5 Å². The fraction of sp³-hybridized carbons (Fsp3) is 0.385. The number of amidine groups is 1. The Labute approximate surface area is 162 Å². The van der Waals surface area contributed by atoms with Gasteiger partial charge in [0.05, 0.1) is 0 Å². The van der Waals surface area contributed by atoms with Gasteiger partial charge in [-0.3, -0.25) is 14.3 Å². The lowest BCUT2D eigenvalue weighted by atomic mass is 10.2. The largest absolute Gasteiger partial charge is 0.619 e. The molecule has 1 amide bonds. The van der Waals surface area contributed by atoms with Gasteiger partial charge in [0.1, 0.15) is 5.38 Å². The van der Waals surface area contributed by atoms with Crippen LogP contribution >= 0.6 is 58.0 Å². The highest BCUT2D eigenvalue weighted by atomic mass is 35.6. The van der Waals surface area contributed by atoms with Gasteiger partial charge >= 0.3 is 5.91 Å². The molecule has 1 saturated heterocycles. The van der Waals surface area contributed by atoms with Crippen molar-refractivity contribution in [1.82, 2.24) is 9.55 Å². The normalized spacial score (nSPS) is 26.1. The molecule has 5 nitrogen and oxygen atoms in total. The molecule has 3 atom stereocenters. The van der Waals surface area contributed by atoms with Crippen LogP contribution < -0.4 is 4.65 Å². The first-order valence-corrected chi connectivity index (χ1v) is 8.52. The third-order valence-electron chi connectivity index (χ3n) is 3.33. The zero-order chi connectivity index (χ0) is 18.3. The number of alkyl halides is 5. The van der Waals surface area contributed by atoms with E-state index < -0.39 is 36.9 Å². The summed E-state index contributed by atoms with van der Waals surface area (Å²) in [7, 11) is 1.38. The third kappa shape index (κ3) is 3.75. The summed E-state index contributed by atoms with van der Waals surface area (Å²) in [6, 6.07) is 5.27. The lowest BCUT2D eigenvalue weighted by molar-refractivity contribution is -0.121. The maximum absolute atomic E-state index is 14.1. The Morgan fingerprint density at radius 1 is 1.33 bits per heavy atom. The molecule has 3 unspecified atom stereocenters. The van der Waals surface area contributed by atoms with Crippen LogP contribution in [0.4, 0.5) is 10.1 Å². The fourth-order valence-corrected chi connectivity index (χ4v) is 3.07. The van der Waals surface area contributed by atoms with Crippen molar-refractivity contribution in [2.45, 2.75) is 14.7 Å². The zero-order valence-electron chi connectivity index (χ0n) is 12.1. The van der Waals surface area contributed by atoms with Crippen molar-refractivity contribution in [2.75, 3.05) is 13.7 Å². The summed E-state index contributed by atoms with van der Waals surface area (Å²) in [5, 5.41) is 11.9. The maximum Gasteiger partial charge on any atom is 0.333 e. The Morgan fingerprint density at radius 2 is 1.92 bits per heavy atom. The Hall–Kier alpha value is -0.340. The molecule has 1 aliphatic rings. The molecule has 132 valence electrons. The van der Waals surface area contributed by atoms with Gasteiger partial charge in [0.15, 0.2) is 23.7 Å². The van der Waals surface area contributed by atoms with E-state index in [1.807, 2.05) is 0 Å². The van der Waals surface area contributed by atoms with E-state index in [9.17, 15) is 14.4 Å². The molecular formula is C13H11Cl5FN3O2. The van der Waals surface area contributed by atoms with E-state index in [1.54, 1.807) is 0 Å². The molecule has 1 aromatic carbocycles. The van der Waals surface area contributed by atoms with E-state index in [2.05, 4.69) is 4.99 Å². The van der Waals surface area contributed by atoms with Crippen molar-refractivity contribution in [3.05, 3.63) is 35.3 Å². The number of benzene rings is 1. The number of quaternary nitrogens is 1. The van der Waals surface area contributed by atoms with Crippen LogP contribution in [0, 0.1) is 11.0 Å². The molecule has 0 saturated carbocycles. The van der Waals surface area contributed by atoms with Crippen molar-refractivity contribution < 1.29 is 9.18 Å². The standard InChI is InChI=1S/C13H11Cl5FN3O2/c1-21-6-22(24,8-5-3-2-4-7(8)19)11(12(21)23)20-10(15)9(14)13(16,17)18/h2-5,9-10H,6H2,1H3. The Bertz CT molecular complexity index is 684. The molecular weight excluding hydrogens is 426 g/mol. The number of carbonyl (C=O) groups is 1. The number of carbonyl (C=O) groups excluding carboxylic acids is 1. The predicted molar refractivity (Wildman–Crippen MR) is 96.2 cm³/mol. The SMILES string of the molecule is CN1C[N+]([O-])(c2ccccc2F)C(=NC(Cl)C(Cl)C(Cl)(Cl)Cl)C1=O. The van der Waals surface area contributed by atoms with Crippen LogP contribution in [0.2, 0.25) is 0 Å². The lowest BCUT2D eigenvalue weighted by Crippen LogP contribution is -2.48. The molecule has 0 radical (unpaired) electrons. The van der Waals surface area contributed by atoms with E-state index in [4.69, 9.17) is 58.0 Å². The van der Waals surface area contributed by atoms with E-state index >= 15 is 0 Å². The number of para-hydroxylation sites is 1. The minimum atomic E-state index is -1.97. The smallest absolute Gasteiger partial charge is 0.333 e. The molecule has 1 aliphatic heterocycles. The molecule has 0 N–H and O–H groups in total. The average Bonchev–Trinajstić information content (AvgIpc) is 2.70. The van der Waals surface area contributed by atoms with Crippen molar-refractivity contribution in [3.63, 3.8) is 0 Å². The predicted octanol–water partition coefficient (Wildman–Crippen LogP) is 4.00. The molecule has 0 spiro atoms.